The number of hydrogen-bond donors (Lipinski definition) is 1. The summed E-state index contributed by atoms with van der Waals surface area (Å²) in [7, 11) is -2.45. The summed E-state index contributed by atoms with van der Waals surface area (Å²) in [5, 5.41) is 3.21. The summed E-state index contributed by atoms with van der Waals surface area (Å²) in [4.78, 5) is 12.9. The van der Waals surface area contributed by atoms with E-state index in [-0.39, 0.29) is 18.0 Å². The number of ether oxygens (including phenoxy) is 1. The molecule has 0 spiro atoms. The number of anilines is 1. The number of carbonyl (C=O) groups is 1. The third-order valence-electron chi connectivity index (χ3n) is 5.14. The summed E-state index contributed by atoms with van der Waals surface area (Å²) >= 11 is 5.92. The van der Waals surface area contributed by atoms with Crippen molar-refractivity contribution in [3.05, 3.63) is 88.4 Å². The van der Waals surface area contributed by atoms with Gasteiger partial charge in [-0.25, -0.2) is 8.42 Å². The first-order chi connectivity index (χ1) is 15.2. The molecular weight excluding hydrogens is 448 g/mol. The molecule has 1 N–H and O–H groups in total. The Morgan fingerprint density at radius 2 is 1.69 bits per heavy atom. The van der Waals surface area contributed by atoms with Crippen LogP contribution in [0.2, 0.25) is 5.02 Å². The largest absolute Gasteiger partial charge is 0.496 e. The Morgan fingerprint density at radius 3 is 2.34 bits per heavy atom. The average molecular weight is 473 g/mol. The summed E-state index contributed by atoms with van der Waals surface area (Å²) in [6.07, 6.45) is 0. The number of halogens is 1. The number of nitrogens with zero attached hydrogens (tertiary/aromatic N) is 1. The van der Waals surface area contributed by atoms with Crippen LogP contribution in [0.3, 0.4) is 0 Å². The fourth-order valence-corrected chi connectivity index (χ4v) is 4.70. The van der Waals surface area contributed by atoms with Gasteiger partial charge in [-0.05, 0) is 67.4 Å². The Kier molecular flexibility index (Phi) is 7.43. The lowest BCUT2D eigenvalue weighted by molar-refractivity contribution is -0.119. The molecule has 0 saturated heterocycles. The van der Waals surface area contributed by atoms with E-state index in [9.17, 15) is 13.2 Å². The molecule has 0 aliphatic carbocycles. The van der Waals surface area contributed by atoms with Gasteiger partial charge in [0.1, 0.15) is 12.3 Å². The molecule has 0 atom stereocenters. The van der Waals surface area contributed by atoms with E-state index in [0.29, 0.717) is 16.5 Å². The SMILES string of the molecule is COc1ccccc1CNC(=O)CN(c1ccc(C)c(C)c1)S(=O)(=O)c1ccc(Cl)cc1. The van der Waals surface area contributed by atoms with Crippen LogP contribution in [0.25, 0.3) is 0 Å². The number of nitrogens with one attached hydrogen (secondary N) is 1. The normalized spacial score (nSPS) is 11.1. The number of rotatable bonds is 8. The van der Waals surface area contributed by atoms with Crippen LogP contribution in [0.15, 0.2) is 71.6 Å². The van der Waals surface area contributed by atoms with Crippen molar-refractivity contribution < 1.29 is 17.9 Å². The second-order valence-electron chi connectivity index (χ2n) is 7.32. The van der Waals surface area contributed by atoms with Crippen LogP contribution >= 0.6 is 11.6 Å². The second-order valence-corrected chi connectivity index (χ2v) is 9.62. The van der Waals surface area contributed by atoms with E-state index >= 15 is 0 Å². The van der Waals surface area contributed by atoms with Gasteiger partial charge in [-0.1, -0.05) is 35.9 Å². The molecule has 0 fully saturated rings. The maximum Gasteiger partial charge on any atom is 0.264 e. The molecule has 32 heavy (non-hydrogen) atoms. The van der Waals surface area contributed by atoms with Crippen LogP contribution in [0.1, 0.15) is 16.7 Å². The standard InChI is InChI=1S/C24H25ClN2O4S/c1-17-8-11-21(14-18(17)2)27(32(29,30)22-12-9-20(25)10-13-22)16-24(28)26-15-19-6-4-5-7-23(19)31-3/h4-14H,15-16H2,1-3H3,(H,26,28). The van der Waals surface area contributed by atoms with E-state index in [1.165, 1.54) is 24.3 Å². The number of hydrogen-bond acceptors (Lipinski definition) is 4. The Morgan fingerprint density at radius 1 is 1.00 bits per heavy atom. The topological polar surface area (TPSA) is 75.7 Å². The number of benzene rings is 3. The predicted molar refractivity (Wildman–Crippen MR) is 127 cm³/mol. The lowest BCUT2D eigenvalue weighted by Gasteiger charge is -2.25. The van der Waals surface area contributed by atoms with Gasteiger partial charge in [-0.15, -0.1) is 0 Å². The molecular formula is C24H25ClN2O4S. The van der Waals surface area contributed by atoms with Crippen molar-refractivity contribution in [3.63, 3.8) is 0 Å². The summed E-state index contributed by atoms with van der Waals surface area (Å²) in [5.74, 6) is 0.208. The van der Waals surface area contributed by atoms with Crippen molar-refractivity contribution in [2.75, 3.05) is 18.0 Å². The number of para-hydroxylation sites is 1. The summed E-state index contributed by atoms with van der Waals surface area (Å²) in [6, 6.07) is 18.5. The highest BCUT2D eigenvalue weighted by atomic mass is 35.5. The molecule has 0 saturated carbocycles. The van der Waals surface area contributed by atoms with Crippen molar-refractivity contribution in [2.24, 2.45) is 0 Å². The minimum absolute atomic E-state index is 0.0534. The fourth-order valence-electron chi connectivity index (χ4n) is 3.16. The predicted octanol–water partition coefficient (Wildman–Crippen LogP) is 4.48. The molecule has 0 aliphatic heterocycles. The first-order valence-corrected chi connectivity index (χ1v) is 11.8. The second kappa shape index (κ2) is 10.1. The molecule has 168 valence electrons. The molecule has 0 aromatic heterocycles. The average Bonchev–Trinajstić information content (AvgIpc) is 2.78. The highest BCUT2D eigenvalue weighted by Gasteiger charge is 2.27. The minimum Gasteiger partial charge on any atom is -0.496 e. The van der Waals surface area contributed by atoms with E-state index in [4.69, 9.17) is 16.3 Å². The zero-order valence-electron chi connectivity index (χ0n) is 18.1. The highest BCUT2D eigenvalue weighted by Crippen LogP contribution is 2.26. The van der Waals surface area contributed by atoms with Crippen molar-refractivity contribution in [1.29, 1.82) is 0 Å². The summed E-state index contributed by atoms with van der Waals surface area (Å²) < 4.78 is 33.3. The van der Waals surface area contributed by atoms with Crippen LogP contribution in [0.5, 0.6) is 5.75 Å². The number of aryl methyl sites for hydroxylation is 2. The molecule has 8 heteroatoms. The number of methoxy groups -OCH3 is 1. The summed E-state index contributed by atoms with van der Waals surface area (Å²) in [5.41, 5.74) is 3.16. The smallest absolute Gasteiger partial charge is 0.264 e. The molecule has 3 aromatic rings. The Balaban J connectivity index is 1.89. The van der Waals surface area contributed by atoms with Crippen LogP contribution in [-0.4, -0.2) is 28.0 Å². The molecule has 0 unspecified atom stereocenters. The van der Waals surface area contributed by atoms with Gasteiger partial charge in [0.05, 0.1) is 17.7 Å². The van der Waals surface area contributed by atoms with Gasteiger partial charge in [-0.2, -0.15) is 0 Å². The Bertz CT molecular complexity index is 1210. The lowest BCUT2D eigenvalue weighted by Crippen LogP contribution is -2.40. The third kappa shape index (κ3) is 5.41. The maximum absolute atomic E-state index is 13.4. The molecule has 0 heterocycles. The third-order valence-corrected chi connectivity index (χ3v) is 7.18. The van der Waals surface area contributed by atoms with Crippen LogP contribution in [-0.2, 0) is 21.4 Å². The van der Waals surface area contributed by atoms with Gasteiger partial charge >= 0.3 is 0 Å². The number of sulfonamides is 1. The maximum atomic E-state index is 13.4. The highest BCUT2D eigenvalue weighted by molar-refractivity contribution is 7.92. The van der Waals surface area contributed by atoms with Crippen molar-refractivity contribution in [1.82, 2.24) is 5.32 Å². The molecule has 3 aromatic carbocycles. The van der Waals surface area contributed by atoms with Gasteiger partial charge in [0.15, 0.2) is 0 Å². The van der Waals surface area contributed by atoms with Crippen LogP contribution < -0.4 is 14.4 Å². The first-order valence-electron chi connectivity index (χ1n) is 9.96. The van der Waals surface area contributed by atoms with E-state index in [2.05, 4.69) is 5.32 Å². The first kappa shape index (κ1) is 23.6. The zero-order valence-corrected chi connectivity index (χ0v) is 19.7. The molecule has 3 rings (SSSR count). The Hall–Kier alpha value is -3.03. The molecule has 0 radical (unpaired) electrons. The van der Waals surface area contributed by atoms with Gasteiger partial charge in [-0.3, -0.25) is 9.10 Å². The zero-order chi connectivity index (χ0) is 23.3. The molecule has 0 bridgehead atoms. The lowest BCUT2D eigenvalue weighted by atomic mass is 10.1. The van der Waals surface area contributed by atoms with Gasteiger partial charge in [0.25, 0.3) is 10.0 Å². The molecule has 1 amide bonds. The van der Waals surface area contributed by atoms with E-state index in [1.807, 2.05) is 38.1 Å². The van der Waals surface area contributed by atoms with Crippen LogP contribution in [0.4, 0.5) is 5.69 Å². The fraction of sp³-hybridized carbons (Fsp3) is 0.208. The monoisotopic (exact) mass is 472 g/mol. The van der Waals surface area contributed by atoms with E-state index in [0.717, 1.165) is 21.0 Å². The Labute approximate surface area is 193 Å². The molecule has 6 nitrogen and oxygen atoms in total. The van der Waals surface area contributed by atoms with E-state index in [1.54, 1.807) is 25.3 Å². The van der Waals surface area contributed by atoms with E-state index < -0.39 is 15.9 Å². The van der Waals surface area contributed by atoms with Crippen LogP contribution in [0, 0.1) is 13.8 Å². The summed E-state index contributed by atoms with van der Waals surface area (Å²) in [6.45, 7) is 3.68. The van der Waals surface area contributed by atoms with Gasteiger partial charge in [0, 0.05) is 17.1 Å². The van der Waals surface area contributed by atoms with Gasteiger partial charge < -0.3 is 10.1 Å². The van der Waals surface area contributed by atoms with Crippen molar-refractivity contribution in [2.45, 2.75) is 25.3 Å². The molecule has 0 aliphatic rings. The van der Waals surface area contributed by atoms with Gasteiger partial charge in [0.2, 0.25) is 5.91 Å². The van der Waals surface area contributed by atoms with Crippen molar-refractivity contribution >= 4 is 33.2 Å². The quantitative estimate of drug-likeness (QED) is 0.524. The minimum atomic E-state index is -4.00. The number of amides is 1. The number of carbonyl (C=O) groups excluding carboxylic acids is 1. The van der Waals surface area contributed by atoms with Crippen molar-refractivity contribution in [3.8, 4) is 5.75 Å².